The molecular weight excluding hydrogens is 304 g/mol. The Morgan fingerprint density at radius 2 is 1.88 bits per heavy atom. The molecule has 1 heterocycles. The fraction of sp³-hybridized carbons (Fsp3) is 0.895. The van der Waals surface area contributed by atoms with Crippen LogP contribution in [0.3, 0.4) is 0 Å². The molecule has 0 aromatic carbocycles. The molecule has 1 aliphatic heterocycles. The molecule has 0 aromatic heterocycles. The van der Waals surface area contributed by atoms with Gasteiger partial charge in [-0.25, -0.2) is 0 Å². The number of hydrogen-bond donors (Lipinski definition) is 1. The number of amides is 2. The Kier molecular flexibility index (Phi) is 5.48. The summed E-state index contributed by atoms with van der Waals surface area (Å²) in [5.41, 5.74) is 0. The highest BCUT2D eigenvalue weighted by Crippen LogP contribution is 2.43. The normalized spacial score (nSPS) is 33.0. The Balaban J connectivity index is 1.67. The van der Waals surface area contributed by atoms with Crippen LogP contribution in [0.1, 0.15) is 52.4 Å². The SMILES string of the molecule is CNC(=O)CN(C(=O)C1CCC1)[C@@H]1C[C@@H]2CO[C@H](C(C)C)C[C@@H]2C1. The molecule has 3 rings (SSSR count). The van der Waals surface area contributed by atoms with Crippen molar-refractivity contribution < 1.29 is 14.3 Å². The molecular formula is C19H32N2O3. The summed E-state index contributed by atoms with van der Waals surface area (Å²) >= 11 is 0. The molecule has 0 aromatic rings. The zero-order valence-electron chi connectivity index (χ0n) is 15.3. The van der Waals surface area contributed by atoms with Crippen molar-refractivity contribution in [2.24, 2.45) is 23.7 Å². The van der Waals surface area contributed by atoms with Crippen molar-refractivity contribution in [3.63, 3.8) is 0 Å². The Bertz CT molecular complexity index is 475. The lowest BCUT2D eigenvalue weighted by Gasteiger charge is -2.35. The summed E-state index contributed by atoms with van der Waals surface area (Å²) in [6.45, 7) is 5.46. The summed E-state index contributed by atoms with van der Waals surface area (Å²) in [6.07, 6.45) is 6.59. The van der Waals surface area contributed by atoms with Crippen molar-refractivity contribution in [3.05, 3.63) is 0 Å². The van der Waals surface area contributed by atoms with Crippen LogP contribution >= 0.6 is 0 Å². The lowest BCUT2D eigenvalue weighted by molar-refractivity contribution is -0.144. The van der Waals surface area contributed by atoms with Gasteiger partial charge in [-0.1, -0.05) is 20.3 Å². The van der Waals surface area contributed by atoms with E-state index in [0.29, 0.717) is 23.9 Å². The third-order valence-electron chi connectivity index (χ3n) is 6.39. The molecule has 3 fully saturated rings. The average Bonchev–Trinajstić information content (AvgIpc) is 2.92. The second-order valence-electron chi connectivity index (χ2n) is 8.26. The third-order valence-corrected chi connectivity index (χ3v) is 6.39. The molecule has 1 saturated heterocycles. The minimum Gasteiger partial charge on any atom is -0.378 e. The number of fused-ring (bicyclic) bond motifs is 1. The van der Waals surface area contributed by atoms with Crippen molar-refractivity contribution in [2.45, 2.75) is 64.5 Å². The van der Waals surface area contributed by atoms with Gasteiger partial charge < -0.3 is 15.0 Å². The van der Waals surface area contributed by atoms with Gasteiger partial charge in [0.15, 0.2) is 0 Å². The number of ether oxygens (including phenoxy) is 1. The standard InChI is InChI=1S/C19H32N2O3/c1-12(2)17-9-14-7-16(8-15(14)11-24-17)21(10-18(22)20-3)19(23)13-5-4-6-13/h12-17H,4-11H2,1-3H3,(H,20,22)/t14-,15+,16-,17-/m0/s1. The van der Waals surface area contributed by atoms with Crippen LogP contribution in [-0.2, 0) is 14.3 Å². The number of nitrogens with one attached hydrogen (secondary N) is 1. The van der Waals surface area contributed by atoms with Crippen LogP contribution in [-0.4, -0.2) is 49.1 Å². The zero-order valence-corrected chi connectivity index (χ0v) is 15.3. The Morgan fingerprint density at radius 3 is 2.46 bits per heavy atom. The number of rotatable bonds is 5. The number of nitrogens with zero attached hydrogens (tertiary/aromatic N) is 1. The molecule has 136 valence electrons. The molecule has 1 N–H and O–H groups in total. The van der Waals surface area contributed by atoms with E-state index in [-0.39, 0.29) is 30.3 Å². The van der Waals surface area contributed by atoms with Crippen molar-refractivity contribution in [1.82, 2.24) is 10.2 Å². The summed E-state index contributed by atoms with van der Waals surface area (Å²) < 4.78 is 6.04. The van der Waals surface area contributed by atoms with E-state index in [1.54, 1.807) is 7.05 Å². The molecule has 4 atom stereocenters. The van der Waals surface area contributed by atoms with Gasteiger partial charge in [0.2, 0.25) is 11.8 Å². The van der Waals surface area contributed by atoms with Crippen LogP contribution in [0.5, 0.6) is 0 Å². The maximum atomic E-state index is 12.9. The maximum absolute atomic E-state index is 12.9. The highest BCUT2D eigenvalue weighted by Gasteiger charge is 2.44. The number of carbonyl (C=O) groups excluding carboxylic acids is 2. The molecule has 2 aliphatic carbocycles. The summed E-state index contributed by atoms with van der Waals surface area (Å²) in [7, 11) is 1.64. The summed E-state index contributed by atoms with van der Waals surface area (Å²) in [5, 5.41) is 2.68. The first-order chi connectivity index (χ1) is 11.5. The molecule has 2 saturated carbocycles. The van der Waals surface area contributed by atoms with Crippen LogP contribution in [0.25, 0.3) is 0 Å². The summed E-state index contributed by atoms with van der Waals surface area (Å²) in [5.74, 6) is 2.02. The largest absolute Gasteiger partial charge is 0.378 e. The second kappa shape index (κ2) is 7.42. The van der Waals surface area contributed by atoms with Gasteiger partial charge in [0.25, 0.3) is 0 Å². The molecule has 0 radical (unpaired) electrons. The lowest BCUT2D eigenvalue weighted by Crippen LogP contribution is -2.48. The van der Waals surface area contributed by atoms with E-state index >= 15 is 0 Å². The first-order valence-electron chi connectivity index (χ1n) is 9.62. The molecule has 3 aliphatic rings. The Labute approximate surface area is 145 Å². The van der Waals surface area contributed by atoms with Gasteiger partial charge >= 0.3 is 0 Å². The van der Waals surface area contributed by atoms with E-state index in [1.165, 1.54) is 0 Å². The van der Waals surface area contributed by atoms with Gasteiger partial charge in [-0.05, 0) is 49.9 Å². The second-order valence-corrected chi connectivity index (χ2v) is 8.26. The Hall–Kier alpha value is -1.10. The molecule has 2 amide bonds. The smallest absolute Gasteiger partial charge is 0.239 e. The predicted molar refractivity (Wildman–Crippen MR) is 92.3 cm³/mol. The predicted octanol–water partition coefficient (Wildman–Crippen LogP) is 2.20. The van der Waals surface area contributed by atoms with E-state index in [4.69, 9.17) is 4.74 Å². The van der Waals surface area contributed by atoms with E-state index in [1.807, 2.05) is 4.90 Å². The number of carbonyl (C=O) groups is 2. The highest BCUT2D eigenvalue weighted by atomic mass is 16.5. The minimum absolute atomic E-state index is 0.0612. The minimum atomic E-state index is -0.0612. The van der Waals surface area contributed by atoms with Crippen LogP contribution in [0.4, 0.5) is 0 Å². The highest BCUT2D eigenvalue weighted by molar-refractivity contribution is 5.86. The van der Waals surface area contributed by atoms with Crippen molar-refractivity contribution in [3.8, 4) is 0 Å². The van der Waals surface area contributed by atoms with E-state index in [0.717, 1.165) is 45.1 Å². The summed E-state index contributed by atoms with van der Waals surface area (Å²) in [6, 6.07) is 0.208. The third kappa shape index (κ3) is 3.61. The Morgan fingerprint density at radius 1 is 1.17 bits per heavy atom. The quantitative estimate of drug-likeness (QED) is 0.837. The van der Waals surface area contributed by atoms with Gasteiger partial charge in [-0.3, -0.25) is 9.59 Å². The zero-order chi connectivity index (χ0) is 17.3. The summed E-state index contributed by atoms with van der Waals surface area (Å²) in [4.78, 5) is 26.7. The monoisotopic (exact) mass is 336 g/mol. The lowest BCUT2D eigenvalue weighted by atomic mass is 9.84. The maximum Gasteiger partial charge on any atom is 0.239 e. The molecule has 5 heteroatoms. The topological polar surface area (TPSA) is 58.6 Å². The van der Waals surface area contributed by atoms with Crippen LogP contribution in [0.2, 0.25) is 0 Å². The first-order valence-corrected chi connectivity index (χ1v) is 9.62. The van der Waals surface area contributed by atoms with Crippen LogP contribution < -0.4 is 5.32 Å². The number of hydrogen-bond acceptors (Lipinski definition) is 3. The van der Waals surface area contributed by atoms with E-state index in [9.17, 15) is 9.59 Å². The molecule has 0 bridgehead atoms. The van der Waals surface area contributed by atoms with Gasteiger partial charge in [0, 0.05) is 19.0 Å². The van der Waals surface area contributed by atoms with Crippen molar-refractivity contribution in [1.29, 1.82) is 0 Å². The molecule has 5 nitrogen and oxygen atoms in total. The molecule has 0 unspecified atom stereocenters. The fourth-order valence-electron chi connectivity index (χ4n) is 4.52. The average molecular weight is 336 g/mol. The van der Waals surface area contributed by atoms with Crippen LogP contribution in [0, 0.1) is 23.7 Å². The van der Waals surface area contributed by atoms with Crippen molar-refractivity contribution in [2.75, 3.05) is 20.2 Å². The van der Waals surface area contributed by atoms with Gasteiger partial charge in [-0.15, -0.1) is 0 Å². The van der Waals surface area contributed by atoms with Gasteiger partial charge in [-0.2, -0.15) is 0 Å². The molecule has 24 heavy (non-hydrogen) atoms. The van der Waals surface area contributed by atoms with E-state index in [2.05, 4.69) is 19.2 Å². The number of likely N-dealkylation sites (N-methyl/N-ethyl adjacent to an activating group) is 1. The first kappa shape index (κ1) is 17.7. The fourth-order valence-corrected chi connectivity index (χ4v) is 4.52. The molecule has 0 spiro atoms. The van der Waals surface area contributed by atoms with Crippen molar-refractivity contribution >= 4 is 11.8 Å². The van der Waals surface area contributed by atoms with E-state index < -0.39 is 0 Å². The van der Waals surface area contributed by atoms with Crippen LogP contribution in [0.15, 0.2) is 0 Å². The van der Waals surface area contributed by atoms with Gasteiger partial charge in [0.05, 0.1) is 19.3 Å². The van der Waals surface area contributed by atoms with Gasteiger partial charge in [0.1, 0.15) is 0 Å².